The van der Waals surface area contributed by atoms with E-state index in [-0.39, 0.29) is 11.9 Å². The molecule has 6 nitrogen and oxygen atoms in total. The Labute approximate surface area is 121 Å². The smallest absolute Gasteiger partial charge is 0.238 e. The number of rotatable bonds is 3. The molecule has 1 unspecified atom stereocenters. The summed E-state index contributed by atoms with van der Waals surface area (Å²) < 4.78 is 8.38. The van der Waals surface area contributed by atoms with Crippen LogP contribution in [0.15, 0.2) is 18.2 Å². The van der Waals surface area contributed by atoms with Crippen LogP contribution in [-0.2, 0) is 4.79 Å². The summed E-state index contributed by atoms with van der Waals surface area (Å²) in [6, 6.07) is 5.79. The van der Waals surface area contributed by atoms with Gasteiger partial charge < -0.3 is 11.1 Å². The molecule has 0 bridgehead atoms. The predicted octanol–water partition coefficient (Wildman–Crippen LogP) is 1.05. The number of amides is 1. The standard InChI is InChI=1S/C13H17N5OS/c14-9-3-2-6-18(7-9)8-12(19)15-10-4-1-5-11-13(10)17-20-16-11/h1,4-5,9H,2-3,6-8,14H2,(H,15,19). The Morgan fingerprint density at radius 2 is 2.40 bits per heavy atom. The number of nitrogens with two attached hydrogens (primary N) is 1. The molecule has 1 aromatic carbocycles. The number of likely N-dealkylation sites (tertiary alicyclic amines) is 1. The van der Waals surface area contributed by atoms with Gasteiger partial charge in [-0.1, -0.05) is 6.07 Å². The monoisotopic (exact) mass is 291 g/mol. The maximum Gasteiger partial charge on any atom is 0.238 e. The third-order valence-corrected chi connectivity index (χ3v) is 4.01. The number of nitrogens with zero attached hydrogens (tertiary/aromatic N) is 3. The largest absolute Gasteiger partial charge is 0.327 e. The summed E-state index contributed by atoms with van der Waals surface area (Å²) in [6.07, 6.45) is 2.10. The molecule has 3 rings (SSSR count). The molecule has 0 saturated carbocycles. The van der Waals surface area contributed by atoms with Gasteiger partial charge in [-0.2, -0.15) is 8.75 Å². The second-order valence-corrected chi connectivity index (χ2v) is 5.65. The highest BCUT2D eigenvalue weighted by Gasteiger charge is 2.19. The number of carbonyl (C=O) groups is 1. The number of hydrogen-bond acceptors (Lipinski definition) is 6. The Hall–Kier alpha value is -1.57. The van der Waals surface area contributed by atoms with Crippen LogP contribution in [0.25, 0.3) is 11.0 Å². The highest BCUT2D eigenvalue weighted by Crippen LogP contribution is 2.21. The van der Waals surface area contributed by atoms with Crippen molar-refractivity contribution in [3.63, 3.8) is 0 Å². The molecule has 1 atom stereocenters. The molecule has 20 heavy (non-hydrogen) atoms. The van der Waals surface area contributed by atoms with E-state index in [1.54, 1.807) is 0 Å². The van der Waals surface area contributed by atoms with E-state index in [2.05, 4.69) is 19.0 Å². The second kappa shape index (κ2) is 5.82. The molecule has 1 amide bonds. The highest BCUT2D eigenvalue weighted by atomic mass is 32.1. The Bertz CT molecular complexity index is 614. The first kappa shape index (κ1) is 13.4. The summed E-state index contributed by atoms with van der Waals surface area (Å²) >= 11 is 1.15. The van der Waals surface area contributed by atoms with Crippen LogP contribution in [0.4, 0.5) is 5.69 Å². The van der Waals surface area contributed by atoms with Crippen molar-refractivity contribution in [3.05, 3.63) is 18.2 Å². The van der Waals surface area contributed by atoms with Crippen LogP contribution in [0.1, 0.15) is 12.8 Å². The van der Waals surface area contributed by atoms with E-state index >= 15 is 0 Å². The van der Waals surface area contributed by atoms with Gasteiger partial charge in [0.05, 0.1) is 24.0 Å². The Balaban J connectivity index is 1.65. The van der Waals surface area contributed by atoms with E-state index in [0.29, 0.717) is 6.54 Å². The van der Waals surface area contributed by atoms with Gasteiger partial charge in [-0.3, -0.25) is 9.69 Å². The van der Waals surface area contributed by atoms with Crippen LogP contribution in [0.3, 0.4) is 0 Å². The molecule has 1 aliphatic rings. The van der Waals surface area contributed by atoms with E-state index in [1.807, 2.05) is 18.2 Å². The number of carbonyl (C=O) groups excluding carboxylic acids is 1. The summed E-state index contributed by atoms with van der Waals surface area (Å²) in [5.41, 5.74) is 8.21. The first-order valence-corrected chi connectivity index (χ1v) is 7.44. The third kappa shape index (κ3) is 2.95. The number of anilines is 1. The van der Waals surface area contributed by atoms with Gasteiger partial charge in [0.1, 0.15) is 11.0 Å². The highest BCUT2D eigenvalue weighted by molar-refractivity contribution is 7.00. The van der Waals surface area contributed by atoms with E-state index < -0.39 is 0 Å². The van der Waals surface area contributed by atoms with Gasteiger partial charge >= 0.3 is 0 Å². The molecule has 7 heteroatoms. The van der Waals surface area contributed by atoms with Crippen LogP contribution < -0.4 is 11.1 Å². The zero-order valence-electron chi connectivity index (χ0n) is 11.1. The fourth-order valence-electron chi connectivity index (χ4n) is 2.53. The van der Waals surface area contributed by atoms with Gasteiger partial charge in [0.25, 0.3) is 0 Å². The zero-order valence-corrected chi connectivity index (χ0v) is 11.9. The Kier molecular flexibility index (Phi) is 3.90. The van der Waals surface area contributed by atoms with E-state index in [9.17, 15) is 4.79 Å². The molecule has 3 N–H and O–H groups in total. The summed E-state index contributed by atoms with van der Waals surface area (Å²) in [5, 5.41) is 2.92. The molecular weight excluding hydrogens is 274 g/mol. The van der Waals surface area contributed by atoms with E-state index in [1.165, 1.54) is 0 Å². The topological polar surface area (TPSA) is 84.1 Å². The minimum atomic E-state index is -0.0281. The Morgan fingerprint density at radius 3 is 3.25 bits per heavy atom. The molecule has 0 aliphatic carbocycles. The van der Waals surface area contributed by atoms with Crippen molar-refractivity contribution in [2.75, 3.05) is 25.0 Å². The van der Waals surface area contributed by atoms with Gasteiger partial charge in [-0.05, 0) is 31.5 Å². The average Bonchev–Trinajstić information content (AvgIpc) is 2.88. The minimum absolute atomic E-state index is 0.0281. The average molecular weight is 291 g/mol. The lowest BCUT2D eigenvalue weighted by Gasteiger charge is -2.29. The SMILES string of the molecule is NC1CCCN(CC(=O)Nc2cccc3nsnc23)C1. The summed E-state index contributed by atoms with van der Waals surface area (Å²) in [4.78, 5) is 14.2. The maximum absolute atomic E-state index is 12.1. The minimum Gasteiger partial charge on any atom is -0.327 e. The zero-order chi connectivity index (χ0) is 13.9. The number of aromatic nitrogens is 2. The van der Waals surface area contributed by atoms with Gasteiger partial charge in [0.15, 0.2) is 0 Å². The van der Waals surface area contributed by atoms with Crippen molar-refractivity contribution in [1.82, 2.24) is 13.6 Å². The molecule has 1 aromatic heterocycles. The molecule has 2 aromatic rings. The summed E-state index contributed by atoms with van der Waals surface area (Å²) in [6.45, 7) is 2.10. The van der Waals surface area contributed by atoms with Crippen molar-refractivity contribution in [1.29, 1.82) is 0 Å². The summed E-state index contributed by atoms with van der Waals surface area (Å²) in [5.74, 6) is -0.0281. The van der Waals surface area contributed by atoms with Crippen LogP contribution in [0.5, 0.6) is 0 Å². The van der Waals surface area contributed by atoms with Gasteiger partial charge in [-0.25, -0.2) is 0 Å². The molecule has 1 saturated heterocycles. The maximum atomic E-state index is 12.1. The number of fused-ring (bicyclic) bond motifs is 1. The second-order valence-electron chi connectivity index (χ2n) is 5.12. The van der Waals surface area contributed by atoms with Crippen LogP contribution in [0, 0.1) is 0 Å². The number of hydrogen-bond donors (Lipinski definition) is 2. The first-order valence-electron chi connectivity index (χ1n) is 6.71. The quantitative estimate of drug-likeness (QED) is 0.883. The van der Waals surface area contributed by atoms with E-state index in [0.717, 1.165) is 54.4 Å². The molecule has 2 heterocycles. The van der Waals surface area contributed by atoms with Crippen molar-refractivity contribution in [3.8, 4) is 0 Å². The molecular formula is C13H17N5OS. The molecule has 0 radical (unpaired) electrons. The normalized spacial score (nSPS) is 20.1. The van der Waals surface area contributed by atoms with E-state index in [4.69, 9.17) is 5.73 Å². The lowest BCUT2D eigenvalue weighted by Crippen LogP contribution is -2.45. The van der Waals surface area contributed by atoms with Crippen LogP contribution in [-0.4, -0.2) is 45.2 Å². The van der Waals surface area contributed by atoms with Gasteiger partial charge in [0, 0.05) is 12.6 Å². The Morgan fingerprint density at radius 1 is 1.50 bits per heavy atom. The predicted molar refractivity (Wildman–Crippen MR) is 79.7 cm³/mol. The summed E-state index contributed by atoms with van der Waals surface area (Å²) in [7, 11) is 0. The van der Waals surface area contributed by atoms with Gasteiger partial charge in [-0.15, -0.1) is 0 Å². The van der Waals surface area contributed by atoms with Gasteiger partial charge in [0.2, 0.25) is 5.91 Å². The molecule has 106 valence electrons. The fourth-order valence-corrected chi connectivity index (χ4v) is 3.08. The molecule has 1 fully saturated rings. The van der Waals surface area contributed by atoms with Crippen molar-refractivity contribution in [2.45, 2.75) is 18.9 Å². The third-order valence-electron chi connectivity index (χ3n) is 3.47. The van der Waals surface area contributed by atoms with Crippen LogP contribution >= 0.6 is 11.7 Å². The fraction of sp³-hybridized carbons (Fsp3) is 0.462. The van der Waals surface area contributed by atoms with Crippen molar-refractivity contribution < 1.29 is 4.79 Å². The van der Waals surface area contributed by atoms with Crippen molar-refractivity contribution in [2.24, 2.45) is 5.73 Å². The lowest BCUT2D eigenvalue weighted by atomic mass is 10.1. The molecule has 0 spiro atoms. The lowest BCUT2D eigenvalue weighted by molar-refractivity contribution is -0.117. The van der Waals surface area contributed by atoms with Crippen molar-refractivity contribution >= 4 is 34.4 Å². The number of nitrogens with one attached hydrogen (secondary N) is 1. The van der Waals surface area contributed by atoms with Crippen LogP contribution in [0.2, 0.25) is 0 Å². The molecule has 1 aliphatic heterocycles. The number of benzene rings is 1. The number of piperidine rings is 1. The first-order chi connectivity index (χ1) is 9.72.